The molecule has 2 rings (SSSR count). The first kappa shape index (κ1) is 16.0. The molecule has 2 fully saturated rings. The fourth-order valence-corrected chi connectivity index (χ4v) is 2.46. The van der Waals surface area contributed by atoms with E-state index >= 15 is 0 Å². The standard InChI is InChI=1S/C13H26N4.HI/c1-3-14-13(16-11-7-8-11)15-10-12-6-5-9-17(12)4-2;/h11-12H,3-10H2,1-2H3,(H2,14,15,16);1H. The minimum atomic E-state index is 0. The van der Waals surface area contributed by atoms with Crippen LogP contribution in [0.3, 0.4) is 0 Å². The van der Waals surface area contributed by atoms with Gasteiger partial charge in [0, 0.05) is 18.6 Å². The summed E-state index contributed by atoms with van der Waals surface area (Å²) in [5.74, 6) is 1.01. The van der Waals surface area contributed by atoms with E-state index in [-0.39, 0.29) is 24.0 Å². The second-order valence-corrected chi connectivity index (χ2v) is 5.06. The molecule has 1 saturated heterocycles. The first-order valence-electron chi connectivity index (χ1n) is 7.12. The van der Waals surface area contributed by atoms with Crippen LogP contribution in [0.1, 0.15) is 39.5 Å². The maximum Gasteiger partial charge on any atom is 0.191 e. The van der Waals surface area contributed by atoms with Gasteiger partial charge < -0.3 is 10.6 Å². The molecule has 0 aromatic rings. The minimum absolute atomic E-state index is 0. The van der Waals surface area contributed by atoms with Gasteiger partial charge >= 0.3 is 0 Å². The van der Waals surface area contributed by atoms with E-state index in [1.165, 1.54) is 32.2 Å². The Morgan fingerprint density at radius 2 is 2.06 bits per heavy atom. The largest absolute Gasteiger partial charge is 0.357 e. The molecule has 0 radical (unpaired) electrons. The Morgan fingerprint density at radius 1 is 1.28 bits per heavy atom. The molecule has 0 aromatic heterocycles. The minimum Gasteiger partial charge on any atom is -0.357 e. The van der Waals surface area contributed by atoms with Crippen molar-refractivity contribution < 1.29 is 0 Å². The van der Waals surface area contributed by atoms with Gasteiger partial charge in [-0.3, -0.25) is 9.89 Å². The monoisotopic (exact) mass is 366 g/mol. The summed E-state index contributed by atoms with van der Waals surface area (Å²) < 4.78 is 0. The van der Waals surface area contributed by atoms with Crippen molar-refractivity contribution in [1.82, 2.24) is 15.5 Å². The lowest BCUT2D eigenvalue weighted by molar-refractivity contribution is 0.273. The van der Waals surface area contributed by atoms with E-state index < -0.39 is 0 Å². The fraction of sp³-hybridized carbons (Fsp3) is 0.923. The molecule has 1 aliphatic heterocycles. The number of nitrogens with one attached hydrogen (secondary N) is 2. The molecule has 0 spiro atoms. The van der Waals surface area contributed by atoms with Crippen molar-refractivity contribution in [3.8, 4) is 0 Å². The van der Waals surface area contributed by atoms with E-state index in [0.29, 0.717) is 12.1 Å². The zero-order chi connectivity index (χ0) is 12.1. The molecule has 5 heteroatoms. The van der Waals surface area contributed by atoms with Gasteiger partial charge in [0.25, 0.3) is 0 Å². The molecule has 1 heterocycles. The van der Waals surface area contributed by atoms with Crippen molar-refractivity contribution in [3.63, 3.8) is 0 Å². The molecule has 0 bridgehead atoms. The van der Waals surface area contributed by atoms with Crippen molar-refractivity contribution >= 4 is 29.9 Å². The summed E-state index contributed by atoms with van der Waals surface area (Å²) >= 11 is 0. The molecule has 0 amide bonds. The lowest BCUT2D eigenvalue weighted by Crippen LogP contribution is -2.40. The second kappa shape index (κ2) is 8.19. The van der Waals surface area contributed by atoms with E-state index in [9.17, 15) is 0 Å². The molecule has 1 aliphatic carbocycles. The first-order valence-corrected chi connectivity index (χ1v) is 7.12. The first-order chi connectivity index (χ1) is 8.33. The van der Waals surface area contributed by atoms with Gasteiger partial charge in [0.1, 0.15) is 0 Å². The summed E-state index contributed by atoms with van der Waals surface area (Å²) in [6, 6.07) is 1.34. The predicted molar refractivity (Wildman–Crippen MR) is 87.8 cm³/mol. The van der Waals surface area contributed by atoms with Gasteiger partial charge in [0.05, 0.1) is 6.54 Å². The Kier molecular flexibility index (Phi) is 7.29. The number of hydrogen-bond acceptors (Lipinski definition) is 2. The number of halogens is 1. The predicted octanol–water partition coefficient (Wildman–Crippen LogP) is 1.81. The normalized spacial score (nSPS) is 24.8. The molecule has 2 N–H and O–H groups in total. The lowest BCUT2D eigenvalue weighted by Gasteiger charge is -2.21. The summed E-state index contributed by atoms with van der Waals surface area (Å²) in [7, 11) is 0. The lowest BCUT2D eigenvalue weighted by atomic mass is 10.2. The van der Waals surface area contributed by atoms with E-state index in [1.807, 2.05) is 0 Å². The maximum absolute atomic E-state index is 4.73. The average Bonchev–Trinajstić information content (AvgIpc) is 3.03. The van der Waals surface area contributed by atoms with Crippen LogP contribution in [0.15, 0.2) is 4.99 Å². The molecule has 0 aromatic carbocycles. The number of guanidine groups is 1. The highest BCUT2D eigenvalue weighted by Gasteiger charge is 2.24. The van der Waals surface area contributed by atoms with Gasteiger partial charge in [-0.05, 0) is 45.7 Å². The van der Waals surface area contributed by atoms with Gasteiger partial charge in [-0.2, -0.15) is 0 Å². The van der Waals surface area contributed by atoms with Crippen LogP contribution >= 0.6 is 24.0 Å². The van der Waals surface area contributed by atoms with E-state index in [1.54, 1.807) is 0 Å². The van der Waals surface area contributed by atoms with E-state index in [2.05, 4.69) is 29.4 Å². The van der Waals surface area contributed by atoms with Gasteiger partial charge in [-0.25, -0.2) is 0 Å². The molecule has 1 atom stereocenters. The quantitative estimate of drug-likeness (QED) is 0.443. The third-order valence-corrected chi connectivity index (χ3v) is 3.63. The van der Waals surface area contributed by atoms with Crippen molar-refractivity contribution in [2.75, 3.05) is 26.2 Å². The Labute approximate surface area is 128 Å². The van der Waals surface area contributed by atoms with Crippen LogP contribution in [-0.2, 0) is 0 Å². The highest BCUT2D eigenvalue weighted by Crippen LogP contribution is 2.19. The summed E-state index contributed by atoms with van der Waals surface area (Å²) in [6.07, 6.45) is 5.24. The number of aliphatic imine (C=N–C) groups is 1. The molecular formula is C13H27IN4. The summed E-state index contributed by atoms with van der Waals surface area (Å²) in [6.45, 7) is 8.67. The third-order valence-electron chi connectivity index (χ3n) is 3.63. The third kappa shape index (κ3) is 4.91. The number of likely N-dealkylation sites (N-methyl/N-ethyl adjacent to an activating group) is 1. The van der Waals surface area contributed by atoms with Crippen LogP contribution in [-0.4, -0.2) is 49.1 Å². The molecule has 106 valence electrons. The molecule has 1 saturated carbocycles. The van der Waals surface area contributed by atoms with Crippen LogP contribution in [0.5, 0.6) is 0 Å². The van der Waals surface area contributed by atoms with Crippen molar-refractivity contribution in [2.24, 2.45) is 4.99 Å². The average molecular weight is 366 g/mol. The van der Waals surface area contributed by atoms with Crippen molar-refractivity contribution in [3.05, 3.63) is 0 Å². The van der Waals surface area contributed by atoms with E-state index in [4.69, 9.17) is 4.99 Å². The molecular weight excluding hydrogens is 339 g/mol. The highest BCUT2D eigenvalue weighted by atomic mass is 127. The van der Waals surface area contributed by atoms with Gasteiger partial charge in [-0.1, -0.05) is 6.92 Å². The Hall–Kier alpha value is -0.0400. The van der Waals surface area contributed by atoms with E-state index in [0.717, 1.165) is 25.6 Å². The van der Waals surface area contributed by atoms with Crippen LogP contribution in [0, 0.1) is 0 Å². The second-order valence-electron chi connectivity index (χ2n) is 5.06. The number of rotatable bonds is 5. The number of hydrogen-bond donors (Lipinski definition) is 2. The van der Waals surface area contributed by atoms with Gasteiger partial charge in [0.15, 0.2) is 5.96 Å². The fourth-order valence-electron chi connectivity index (χ4n) is 2.46. The Morgan fingerprint density at radius 3 is 2.67 bits per heavy atom. The highest BCUT2D eigenvalue weighted by molar-refractivity contribution is 14.0. The summed E-state index contributed by atoms with van der Waals surface area (Å²) in [4.78, 5) is 7.27. The van der Waals surface area contributed by atoms with Crippen LogP contribution < -0.4 is 10.6 Å². The Balaban J connectivity index is 0.00000162. The zero-order valence-corrected chi connectivity index (χ0v) is 13.9. The summed E-state index contributed by atoms with van der Waals surface area (Å²) in [5.41, 5.74) is 0. The van der Waals surface area contributed by atoms with Gasteiger partial charge in [0.2, 0.25) is 0 Å². The Bertz CT molecular complexity index is 266. The number of nitrogens with zero attached hydrogens (tertiary/aromatic N) is 2. The van der Waals surface area contributed by atoms with Crippen LogP contribution in [0.25, 0.3) is 0 Å². The SMILES string of the molecule is CCNC(=NCC1CCCN1CC)NC1CC1.I. The van der Waals surface area contributed by atoms with Crippen molar-refractivity contribution in [2.45, 2.75) is 51.6 Å². The summed E-state index contributed by atoms with van der Waals surface area (Å²) in [5, 5.41) is 6.80. The topological polar surface area (TPSA) is 39.7 Å². The molecule has 4 nitrogen and oxygen atoms in total. The number of likely N-dealkylation sites (tertiary alicyclic amines) is 1. The molecule has 18 heavy (non-hydrogen) atoms. The molecule has 1 unspecified atom stereocenters. The van der Waals surface area contributed by atoms with Crippen molar-refractivity contribution in [1.29, 1.82) is 0 Å². The van der Waals surface area contributed by atoms with Crippen LogP contribution in [0.4, 0.5) is 0 Å². The zero-order valence-electron chi connectivity index (χ0n) is 11.6. The van der Waals surface area contributed by atoms with Gasteiger partial charge in [-0.15, -0.1) is 24.0 Å². The molecule has 2 aliphatic rings. The maximum atomic E-state index is 4.73. The smallest absolute Gasteiger partial charge is 0.191 e. The van der Waals surface area contributed by atoms with Crippen LogP contribution in [0.2, 0.25) is 0 Å².